The fraction of sp³-hybridized carbons (Fsp3) is 0.273. The van der Waals surface area contributed by atoms with Crippen molar-refractivity contribution in [3.05, 3.63) is 47.2 Å². The number of carbonyl (C=O) groups excluding carboxylic acids is 1. The summed E-state index contributed by atoms with van der Waals surface area (Å²) < 4.78 is 21.3. The van der Waals surface area contributed by atoms with Crippen molar-refractivity contribution in [3.8, 4) is 23.0 Å². The third kappa shape index (κ3) is 4.32. The molecule has 0 aliphatic rings. The first-order valence-electron chi connectivity index (χ1n) is 9.27. The Kier molecular flexibility index (Phi) is 6.46. The average molecular weight is 411 g/mol. The van der Waals surface area contributed by atoms with Crippen LogP contribution in [0.1, 0.15) is 16.8 Å². The molecular weight excluding hydrogens is 386 g/mol. The van der Waals surface area contributed by atoms with Crippen molar-refractivity contribution in [1.29, 1.82) is 0 Å². The number of rotatable bonds is 8. The topological polar surface area (TPSA) is 94.2 Å². The molecule has 0 atom stereocenters. The first-order valence-corrected chi connectivity index (χ1v) is 9.27. The van der Waals surface area contributed by atoms with Gasteiger partial charge in [0.2, 0.25) is 5.91 Å². The smallest absolute Gasteiger partial charge is 0.244 e. The van der Waals surface area contributed by atoms with E-state index in [0.29, 0.717) is 22.8 Å². The average Bonchev–Trinajstić information content (AvgIpc) is 3.07. The minimum absolute atomic E-state index is 0.174. The Morgan fingerprint density at radius 3 is 2.27 bits per heavy atom. The zero-order valence-electron chi connectivity index (χ0n) is 17.7. The Balaban J connectivity index is 1.78. The van der Waals surface area contributed by atoms with Gasteiger partial charge in [-0.3, -0.25) is 4.79 Å². The molecule has 1 aromatic heterocycles. The second-order valence-electron chi connectivity index (χ2n) is 6.56. The van der Waals surface area contributed by atoms with Crippen LogP contribution < -0.4 is 24.4 Å². The maximum Gasteiger partial charge on any atom is 0.244 e. The number of aryl methyl sites for hydroxylation is 1. The van der Waals surface area contributed by atoms with Gasteiger partial charge in [-0.05, 0) is 30.7 Å². The highest BCUT2D eigenvalue weighted by Gasteiger charge is 2.14. The number of benzene rings is 2. The zero-order chi connectivity index (χ0) is 21.7. The van der Waals surface area contributed by atoms with E-state index in [1.54, 1.807) is 26.4 Å². The number of carbonyl (C=O) groups is 1. The molecule has 8 heteroatoms. The number of methoxy groups -OCH3 is 4. The second-order valence-corrected chi connectivity index (χ2v) is 6.56. The number of hydrogen-bond acceptors (Lipinski definition) is 6. The van der Waals surface area contributed by atoms with Gasteiger partial charge in [0.1, 0.15) is 23.0 Å². The Labute approximate surface area is 174 Å². The molecule has 8 nitrogen and oxygen atoms in total. The molecule has 0 saturated carbocycles. The van der Waals surface area contributed by atoms with Crippen molar-refractivity contribution in [2.45, 2.75) is 13.3 Å². The van der Waals surface area contributed by atoms with E-state index in [2.05, 4.69) is 15.5 Å². The molecule has 0 radical (unpaired) electrons. The van der Waals surface area contributed by atoms with Gasteiger partial charge in [0.15, 0.2) is 0 Å². The summed E-state index contributed by atoms with van der Waals surface area (Å²) in [6.07, 6.45) is 1.66. The summed E-state index contributed by atoms with van der Waals surface area (Å²) in [5, 5.41) is 5.03. The number of hydrazone groups is 1. The van der Waals surface area contributed by atoms with Crippen molar-refractivity contribution in [2.75, 3.05) is 28.4 Å². The van der Waals surface area contributed by atoms with Crippen molar-refractivity contribution in [2.24, 2.45) is 5.10 Å². The highest BCUT2D eigenvalue weighted by atomic mass is 16.5. The largest absolute Gasteiger partial charge is 0.497 e. The lowest BCUT2D eigenvalue weighted by Gasteiger charge is -2.12. The predicted molar refractivity (Wildman–Crippen MR) is 115 cm³/mol. The minimum atomic E-state index is -0.246. The summed E-state index contributed by atoms with van der Waals surface area (Å²) in [7, 11) is 6.25. The van der Waals surface area contributed by atoms with Gasteiger partial charge in [-0.2, -0.15) is 5.10 Å². The normalized spacial score (nSPS) is 11.0. The monoisotopic (exact) mass is 411 g/mol. The van der Waals surface area contributed by atoms with Crippen molar-refractivity contribution < 1.29 is 23.7 Å². The first kappa shape index (κ1) is 21.0. The van der Waals surface area contributed by atoms with Crippen LogP contribution >= 0.6 is 0 Å². The van der Waals surface area contributed by atoms with E-state index >= 15 is 0 Å². The van der Waals surface area contributed by atoms with Crippen molar-refractivity contribution >= 4 is 23.0 Å². The number of nitrogens with zero attached hydrogens (tertiary/aromatic N) is 1. The van der Waals surface area contributed by atoms with Gasteiger partial charge in [-0.15, -0.1) is 0 Å². The number of aromatic amines is 1. The summed E-state index contributed by atoms with van der Waals surface area (Å²) in [6.45, 7) is 1.94. The standard InChI is InChI=1S/C22H25N3O5/c1-13-16(17-8-14(27-2)6-7-19(17)24-13)11-22(26)25-23-12-18-20(29-4)9-15(28-3)10-21(18)30-5/h6-10,12,24H,11H2,1-5H3,(H,25,26)/b23-12+. The number of hydrogen-bond donors (Lipinski definition) is 2. The Morgan fingerprint density at radius 2 is 1.67 bits per heavy atom. The Morgan fingerprint density at radius 1 is 1.00 bits per heavy atom. The number of nitrogens with one attached hydrogen (secondary N) is 2. The summed E-state index contributed by atoms with van der Waals surface area (Å²) in [5.74, 6) is 2.12. The lowest BCUT2D eigenvalue weighted by atomic mass is 10.1. The van der Waals surface area contributed by atoms with Crippen LogP contribution in [-0.4, -0.2) is 45.5 Å². The molecule has 158 valence electrons. The molecule has 0 unspecified atom stereocenters. The van der Waals surface area contributed by atoms with Crippen LogP contribution in [0.3, 0.4) is 0 Å². The van der Waals surface area contributed by atoms with E-state index in [-0.39, 0.29) is 12.3 Å². The van der Waals surface area contributed by atoms with Gasteiger partial charge >= 0.3 is 0 Å². The van der Waals surface area contributed by atoms with Gasteiger partial charge in [0.25, 0.3) is 0 Å². The Hall–Kier alpha value is -3.68. The summed E-state index contributed by atoms with van der Waals surface area (Å²) in [6, 6.07) is 9.16. The fourth-order valence-electron chi connectivity index (χ4n) is 3.25. The van der Waals surface area contributed by atoms with Crippen LogP contribution in [-0.2, 0) is 11.2 Å². The lowest BCUT2D eigenvalue weighted by molar-refractivity contribution is -0.120. The van der Waals surface area contributed by atoms with Crippen LogP contribution in [0.5, 0.6) is 23.0 Å². The van der Waals surface area contributed by atoms with E-state index in [4.69, 9.17) is 18.9 Å². The van der Waals surface area contributed by atoms with Crippen LogP contribution in [0, 0.1) is 6.92 Å². The molecule has 2 aromatic carbocycles. The highest BCUT2D eigenvalue weighted by Crippen LogP contribution is 2.32. The molecule has 0 aliphatic carbocycles. The van der Waals surface area contributed by atoms with Crippen LogP contribution in [0.2, 0.25) is 0 Å². The second kappa shape index (κ2) is 9.21. The molecule has 0 fully saturated rings. The molecular formula is C22H25N3O5. The van der Waals surface area contributed by atoms with Crippen molar-refractivity contribution in [1.82, 2.24) is 10.4 Å². The van der Waals surface area contributed by atoms with E-state index in [0.717, 1.165) is 27.9 Å². The summed E-state index contributed by atoms with van der Waals surface area (Å²) >= 11 is 0. The lowest BCUT2D eigenvalue weighted by Crippen LogP contribution is -2.20. The fourth-order valence-corrected chi connectivity index (χ4v) is 3.25. The maximum atomic E-state index is 12.5. The predicted octanol–water partition coefficient (Wildman–Crippen LogP) is 3.20. The third-order valence-electron chi connectivity index (χ3n) is 4.80. The van der Waals surface area contributed by atoms with E-state index in [1.165, 1.54) is 20.4 Å². The molecule has 0 spiro atoms. The zero-order valence-corrected chi connectivity index (χ0v) is 17.7. The molecule has 0 bridgehead atoms. The molecule has 0 saturated heterocycles. The maximum absolute atomic E-state index is 12.5. The Bertz CT molecular complexity index is 1060. The van der Waals surface area contributed by atoms with Gasteiger partial charge in [0, 0.05) is 28.7 Å². The third-order valence-corrected chi connectivity index (χ3v) is 4.80. The number of amides is 1. The van der Waals surface area contributed by atoms with E-state index < -0.39 is 0 Å². The molecule has 3 rings (SSSR count). The SMILES string of the molecule is COc1cc(OC)c(/C=N/NC(=O)Cc2c(C)[nH]c3ccc(OC)cc23)c(OC)c1. The highest BCUT2D eigenvalue weighted by molar-refractivity contribution is 5.92. The first-order chi connectivity index (χ1) is 14.5. The molecule has 2 N–H and O–H groups in total. The van der Waals surface area contributed by atoms with E-state index in [1.807, 2.05) is 25.1 Å². The van der Waals surface area contributed by atoms with Gasteiger partial charge < -0.3 is 23.9 Å². The molecule has 0 aliphatic heterocycles. The van der Waals surface area contributed by atoms with Crippen LogP contribution in [0.15, 0.2) is 35.4 Å². The van der Waals surface area contributed by atoms with Crippen LogP contribution in [0.25, 0.3) is 10.9 Å². The van der Waals surface area contributed by atoms with Crippen molar-refractivity contribution in [3.63, 3.8) is 0 Å². The van der Waals surface area contributed by atoms with Gasteiger partial charge in [-0.25, -0.2) is 5.43 Å². The van der Waals surface area contributed by atoms with Crippen LogP contribution in [0.4, 0.5) is 0 Å². The minimum Gasteiger partial charge on any atom is -0.497 e. The summed E-state index contributed by atoms with van der Waals surface area (Å²) in [5.41, 5.74) is 5.93. The number of H-pyrrole nitrogens is 1. The van der Waals surface area contributed by atoms with Gasteiger partial charge in [0.05, 0.1) is 46.6 Å². The molecule has 30 heavy (non-hydrogen) atoms. The number of fused-ring (bicyclic) bond motifs is 1. The molecule has 3 aromatic rings. The number of ether oxygens (including phenoxy) is 4. The number of aromatic nitrogens is 1. The van der Waals surface area contributed by atoms with Gasteiger partial charge in [-0.1, -0.05) is 0 Å². The summed E-state index contributed by atoms with van der Waals surface area (Å²) in [4.78, 5) is 15.8. The molecule has 1 amide bonds. The molecule has 1 heterocycles. The quantitative estimate of drug-likeness (QED) is 0.439. The van der Waals surface area contributed by atoms with E-state index in [9.17, 15) is 4.79 Å².